The number of ether oxygens (including phenoxy) is 2. The van der Waals surface area contributed by atoms with Gasteiger partial charge >= 0.3 is 0 Å². The maximum Gasteiger partial charge on any atom is 0.216 e. The highest BCUT2D eigenvalue weighted by Crippen LogP contribution is 2.21. The van der Waals surface area contributed by atoms with Gasteiger partial charge in [-0.15, -0.1) is 0 Å². The van der Waals surface area contributed by atoms with Crippen LogP contribution in [-0.2, 0) is 19.6 Å². The second kappa shape index (κ2) is 9.64. The minimum Gasteiger partial charge on any atom is -0.748 e. The van der Waals surface area contributed by atoms with Crippen molar-refractivity contribution in [3.05, 3.63) is 0 Å². The summed E-state index contributed by atoms with van der Waals surface area (Å²) in [6, 6.07) is 0. The first kappa shape index (κ1) is 19.8. The molecule has 1 rings (SSSR count). The fourth-order valence-electron chi connectivity index (χ4n) is 2.10. The number of quaternary nitrogens is 1. The molecule has 0 aromatic carbocycles. The van der Waals surface area contributed by atoms with Crippen molar-refractivity contribution in [2.45, 2.75) is 26.0 Å². The second-order valence-electron chi connectivity index (χ2n) is 4.97. The van der Waals surface area contributed by atoms with Crippen LogP contribution < -0.4 is 0 Å². The van der Waals surface area contributed by atoms with Crippen molar-refractivity contribution >= 4 is 10.1 Å². The molecule has 0 aliphatic carbocycles. The Morgan fingerprint density at radius 3 is 2.20 bits per heavy atom. The highest BCUT2D eigenvalue weighted by Gasteiger charge is 2.35. The molecule has 1 fully saturated rings. The average Bonchev–Trinajstić information content (AvgIpc) is 2.82. The van der Waals surface area contributed by atoms with Crippen molar-refractivity contribution in [3.8, 4) is 0 Å². The molecule has 0 radical (unpaired) electrons. The van der Waals surface area contributed by atoms with Crippen molar-refractivity contribution in [2.75, 3.05) is 52.8 Å². The Hall–Kier alpha value is -0.250. The molecule has 1 aliphatic rings. The molecule has 1 atom stereocenters. The van der Waals surface area contributed by atoms with Gasteiger partial charge in [-0.1, -0.05) is 6.92 Å². The Morgan fingerprint density at radius 1 is 1.35 bits per heavy atom. The van der Waals surface area contributed by atoms with Crippen LogP contribution in [0.4, 0.5) is 0 Å². The van der Waals surface area contributed by atoms with Gasteiger partial charge in [0.2, 0.25) is 6.23 Å². The summed E-state index contributed by atoms with van der Waals surface area (Å²) in [7, 11) is 0.0307. The molecule has 0 amide bonds. The summed E-state index contributed by atoms with van der Waals surface area (Å²) in [5, 5.41) is 8.61. The lowest BCUT2D eigenvalue weighted by molar-refractivity contribution is -0.944. The third-order valence-electron chi connectivity index (χ3n) is 3.40. The molecule has 0 bridgehead atoms. The van der Waals surface area contributed by atoms with E-state index in [1.165, 1.54) is 32.9 Å². The Bertz CT molecular complexity index is 340. The van der Waals surface area contributed by atoms with Crippen LogP contribution in [0.3, 0.4) is 0 Å². The number of nitrogens with zero attached hydrogens (tertiary/aromatic N) is 1. The van der Waals surface area contributed by atoms with E-state index in [0.717, 1.165) is 4.48 Å². The minimum absolute atomic E-state index is 0.0835. The maximum absolute atomic E-state index is 9.44. The largest absolute Gasteiger partial charge is 0.748 e. The van der Waals surface area contributed by atoms with E-state index in [4.69, 9.17) is 14.6 Å². The van der Waals surface area contributed by atoms with E-state index in [-0.39, 0.29) is 18.6 Å². The molecule has 1 unspecified atom stereocenters. The number of hydrogen-bond acceptors (Lipinski definition) is 6. The third-order valence-corrected chi connectivity index (χ3v) is 4.11. The molecular weight excluding hydrogens is 286 g/mol. The first-order chi connectivity index (χ1) is 9.29. The number of aliphatic hydroxyl groups excluding tert-OH is 1. The molecule has 8 heteroatoms. The van der Waals surface area contributed by atoms with E-state index in [1.54, 1.807) is 7.11 Å². The van der Waals surface area contributed by atoms with Gasteiger partial charge in [-0.2, -0.15) is 0 Å². The SMILES string of the molecule is CCS(=O)(=O)[O-].COC(COCCO)[N+]1(C)CCCC1. The van der Waals surface area contributed by atoms with Crippen LogP contribution in [0, 0.1) is 0 Å². The Kier molecular flexibility index (Phi) is 9.52. The van der Waals surface area contributed by atoms with Gasteiger partial charge in [0.15, 0.2) is 0 Å². The highest BCUT2D eigenvalue weighted by molar-refractivity contribution is 7.85. The topological polar surface area (TPSA) is 95.9 Å². The molecule has 7 nitrogen and oxygen atoms in total. The van der Waals surface area contributed by atoms with E-state index >= 15 is 0 Å². The van der Waals surface area contributed by atoms with Crippen LogP contribution >= 0.6 is 0 Å². The van der Waals surface area contributed by atoms with E-state index in [9.17, 15) is 13.0 Å². The van der Waals surface area contributed by atoms with Gasteiger partial charge in [-0.3, -0.25) is 4.48 Å². The molecule has 20 heavy (non-hydrogen) atoms. The maximum atomic E-state index is 9.44. The van der Waals surface area contributed by atoms with Crippen LogP contribution in [0.5, 0.6) is 0 Å². The van der Waals surface area contributed by atoms with Gasteiger partial charge in [0.1, 0.15) is 6.61 Å². The summed E-state index contributed by atoms with van der Waals surface area (Å²) in [5.74, 6) is -0.312. The van der Waals surface area contributed by atoms with E-state index in [0.29, 0.717) is 13.2 Å². The first-order valence-electron chi connectivity index (χ1n) is 6.78. The molecule has 122 valence electrons. The monoisotopic (exact) mass is 313 g/mol. The zero-order valence-corrected chi connectivity index (χ0v) is 13.4. The summed E-state index contributed by atoms with van der Waals surface area (Å²) in [6.45, 7) is 4.71. The van der Waals surface area contributed by atoms with Crippen molar-refractivity contribution in [1.82, 2.24) is 0 Å². The quantitative estimate of drug-likeness (QED) is 0.396. The van der Waals surface area contributed by atoms with Crippen molar-refractivity contribution in [2.24, 2.45) is 0 Å². The number of likely N-dealkylation sites (N-methyl/N-ethyl adjacent to an activating group) is 1. The predicted octanol–water partition coefficient (Wildman–Crippen LogP) is -0.240. The average molecular weight is 313 g/mol. The van der Waals surface area contributed by atoms with Gasteiger partial charge in [0.25, 0.3) is 0 Å². The van der Waals surface area contributed by atoms with E-state index in [2.05, 4.69) is 7.05 Å². The second-order valence-corrected chi connectivity index (χ2v) is 6.66. The van der Waals surface area contributed by atoms with Gasteiger partial charge in [0.05, 0.1) is 43.5 Å². The smallest absolute Gasteiger partial charge is 0.216 e. The van der Waals surface area contributed by atoms with Gasteiger partial charge < -0.3 is 19.1 Å². The summed E-state index contributed by atoms with van der Waals surface area (Å²) < 4.78 is 40.1. The molecule has 1 heterocycles. The van der Waals surface area contributed by atoms with Crippen LogP contribution in [0.25, 0.3) is 0 Å². The molecule has 0 aromatic heterocycles. The standard InChI is InChI=1S/C10H22NO3.C2H6O3S/c1-11(5-3-4-6-11)10(13-2)9-14-8-7-12;1-2-6(3,4)5/h10,12H,3-9H2,1-2H3;2H2,1H3,(H,3,4,5)/q+1;/p-1. The first-order valence-corrected chi connectivity index (χ1v) is 8.36. The summed E-state index contributed by atoms with van der Waals surface area (Å²) in [4.78, 5) is 0. The highest BCUT2D eigenvalue weighted by atomic mass is 32.2. The predicted molar refractivity (Wildman–Crippen MR) is 74.1 cm³/mol. The molecule has 0 aromatic rings. The minimum atomic E-state index is -3.91. The summed E-state index contributed by atoms with van der Waals surface area (Å²) in [5.41, 5.74) is 0. The lowest BCUT2D eigenvalue weighted by atomic mass is 10.4. The van der Waals surface area contributed by atoms with Crippen molar-refractivity contribution in [1.29, 1.82) is 0 Å². The normalized spacial score (nSPS) is 19.2. The van der Waals surface area contributed by atoms with Crippen LogP contribution in [0.1, 0.15) is 19.8 Å². The molecule has 0 spiro atoms. The Morgan fingerprint density at radius 2 is 1.85 bits per heavy atom. The Labute approximate surface area is 121 Å². The number of rotatable bonds is 7. The number of methoxy groups -OCH3 is 1. The number of hydrogen-bond donors (Lipinski definition) is 1. The molecule has 0 saturated carbocycles. The van der Waals surface area contributed by atoms with E-state index < -0.39 is 10.1 Å². The lowest BCUT2D eigenvalue weighted by Crippen LogP contribution is -2.53. The molecule has 1 N–H and O–H groups in total. The van der Waals surface area contributed by atoms with Crippen LogP contribution in [0.2, 0.25) is 0 Å². The zero-order chi connectivity index (χ0) is 15.6. The molecule has 1 saturated heterocycles. The van der Waals surface area contributed by atoms with Gasteiger partial charge in [0, 0.05) is 25.7 Å². The van der Waals surface area contributed by atoms with Crippen LogP contribution in [0.15, 0.2) is 0 Å². The zero-order valence-electron chi connectivity index (χ0n) is 12.6. The van der Waals surface area contributed by atoms with Crippen LogP contribution in [-0.4, -0.2) is 81.6 Å². The number of likely N-dealkylation sites (tertiary alicyclic amines) is 1. The fourth-order valence-corrected chi connectivity index (χ4v) is 2.10. The molecular formula is C12H27NO6S. The number of aliphatic hydroxyl groups is 1. The third kappa shape index (κ3) is 8.13. The van der Waals surface area contributed by atoms with Crippen molar-refractivity contribution in [3.63, 3.8) is 0 Å². The molecule has 1 aliphatic heterocycles. The van der Waals surface area contributed by atoms with Crippen molar-refractivity contribution < 1.29 is 32.0 Å². The van der Waals surface area contributed by atoms with Gasteiger partial charge in [-0.25, -0.2) is 8.42 Å². The lowest BCUT2D eigenvalue weighted by Gasteiger charge is -2.36. The summed E-state index contributed by atoms with van der Waals surface area (Å²) >= 11 is 0. The summed E-state index contributed by atoms with van der Waals surface area (Å²) in [6.07, 6.45) is 2.66. The van der Waals surface area contributed by atoms with Gasteiger partial charge in [-0.05, 0) is 0 Å². The van der Waals surface area contributed by atoms with E-state index in [1.807, 2.05) is 0 Å². The fraction of sp³-hybridized carbons (Fsp3) is 1.00. The Balaban J connectivity index is 0.000000511.